The van der Waals surface area contributed by atoms with Crippen LogP contribution in [0.3, 0.4) is 0 Å². The molecule has 1 unspecified atom stereocenters. The molecule has 0 aliphatic carbocycles. The van der Waals surface area contributed by atoms with Gasteiger partial charge in [-0.3, -0.25) is 4.98 Å². The monoisotopic (exact) mass is 361 g/mol. The molecule has 0 spiro atoms. The highest BCUT2D eigenvalue weighted by molar-refractivity contribution is 7.89. The van der Waals surface area contributed by atoms with Crippen molar-refractivity contribution in [2.75, 3.05) is 0 Å². The molecule has 0 fully saturated rings. The minimum atomic E-state index is -3.97. The van der Waals surface area contributed by atoms with Crippen LogP contribution < -0.4 is 4.72 Å². The molecule has 0 aliphatic heterocycles. The van der Waals surface area contributed by atoms with Crippen LogP contribution in [0.25, 0.3) is 10.9 Å². The Hall–Kier alpha value is -2.78. The SMILES string of the molecule is Cc1ccc2cccnc2c1S(=O)(=O)NC(C)c1nocc1C(=O)O. The van der Waals surface area contributed by atoms with Gasteiger partial charge in [-0.1, -0.05) is 23.4 Å². The number of rotatable bonds is 5. The molecule has 1 aromatic carbocycles. The fourth-order valence-electron chi connectivity index (χ4n) is 2.62. The molecule has 1 atom stereocenters. The standard InChI is InChI=1S/C16H15N3O5S/c1-9-5-6-11-4-3-7-17-14(11)15(9)25(22,23)19-10(2)13-12(16(20)21)8-24-18-13/h3-8,10,19H,1-2H3,(H,20,21). The molecule has 25 heavy (non-hydrogen) atoms. The third-order valence-electron chi connectivity index (χ3n) is 3.76. The van der Waals surface area contributed by atoms with Crippen molar-refractivity contribution in [2.45, 2.75) is 24.8 Å². The average molecular weight is 361 g/mol. The van der Waals surface area contributed by atoms with Crippen LogP contribution in [-0.4, -0.2) is 29.6 Å². The van der Waals surface area contributed by atoms with Crippen molar-refractivity contribution < 1.29 is 22.8 Å². The molecule has 130 valence electrons. The van der Waals surface area contributed by atoms with Gasteiger partial charge in [0.2, 0.25) is 10.0 Å². The van der Waals surface area contributed by atoms with Crippen LogP contribution in [0, 0.1) is 6.92 Å². The molecule has 0 aliphatic rings. The van der Waals surface area contributed by atoms with E-state index < -0.39 is 22.0 Å². The maximum Gasteiger partial charge on any atom is 0.341 e. The molecule has 2 aromatic heterocycles. The number of carbonyl (C=O) groups is 1. The number of aromatic carboxylic acids is 1. The summed E-state index contributed by atoms with van der Waals surface area (Å²) >= 11 is 0. The molecule has 0 radical (unpaired) electrons. The van der Waals surface area contributed by atoms with E-state index in [4.69, 9.17) is 5.11 Å². The minimum absolute atomic E-state index is 0.00178. The van der Waals surface area contributed by atoms with Crippen LogP contribution in [0.1, 0.15) is 34.6 Å². The quantitative estimate of drug-likeness (QED) is 0.714. The molecule has 3 aromatic rings. The van der Waals surface area contributed by atoms with E-state index in [9.17, 15) is 13.2 Å². The van der Waals surface area contributed by atoms with E-state index in [2.05, 4.69) is 19.4 Å². The van der Waals surface area contributed by atoms with Gasteiger partial charge in [-0.25, -0.2) is 17.9 Å². The zero-order valence-electron chi connectivity index (χ0n) is 13.4. The number of hydrogen-bond donors (Lipinski definition) is 2. The second-order valence-electron chi connectivity index (χ2n) is 5.55. The average Bonchev–Trinajstić information content (AvgIpc) is 3.04. The molecular formula is C16H15N3O5S. The first-order valence-electron chi connectivity index (χ1n) is 7.35. The molecular weight excluding hydrogens is 346 g/mol. The van der Waals surface area contributed by atoms with Crippen molar-refractivity contribution >= 4 is 26.9 Å². The molecule has 2 N–H and O–H groups in total. The third kappa shape index (κ3) is 3.11. The highest BCUT2D eigenvalue weighted by Crippen LogP contribution is 2.26. The Morgan fingerprint density at radius 3 is 2.80 bits per heavy atom. The van der Waals surface area contributed by atoms with Crippen molar-refractivity contribution in [3.05, 3.63) is 53.5 Å². The summed E-state index contributed by atoms with van der Waals surface area (Å²) in [7, 11) is -3.97. The number of nitrogens with one attached hydrogen (secondary N) is 1. The molecule has 0 saturated heterocycles. The minimum Gasteiger partial charge on any atom is -0.478 e. The van der Waals surface area contributed by atoms with Gasteiger partial charge in [-0.2, -0.15) is 0 Å². The first-order chi connectivity index (χ1) is 11.8. The van der Waals surface area contributed by atoms with E-state index in [-0.39, 0.29) is 16.2 Å². The molecule has 9 heteroatoms. The smallest absolute Gasteiger partial charge is 0.341 e. The molecule has 8 nitrogen and oxygen atoms in total. The zero-order chi connectivity index (χ0) is 18.2. The topological polar surface area (TPSA) is 122 Å². The number of fused-ring (bicyclic) bond motifs is 1. The lowest BCUT2D eigenvalue weighted by molar-refractivity contribution is 0.0694. The predicted molar refractivity (Wildman–Crippen MR) is 88.7 cm³/mol. The Bertz CT molecular complexity index is 1060. The number of aromatic nitrogens is 2. The van der Waals surface area contributed by atoms with Crippen molar-refractivity contribution in [1.29, 1.82) is 0 Å². The van der Waals surface area contributed by atoms with E-state index >= 15 is 0 Å². The van der Waals surface area contributed by atoms with Crippen LogP contribution in [-0.2, 0) is 10.0 Å². The van der Waals surface area contributed by atoms with Crippen molar-refractivity contribution in [3.63, 3.8) is 0 Å². The van der Waals surface area contributed by atoms with Crippen molar-refractivity contribution in [1.82, 2.24) is 14.9 Å². The number of carboxylic acid groups (broad SMARTS) is 1. The second-order valence-corrected chi connectivity index (χ2v) is 7.20. The molecule has 2 heterocycles. The van der Waals surface area contributed by atoms with Gasteiger partial charge in [0.1, 0.15) is 22.4 Å². The number of nitrogens with zero attached hydrogens (tertiary/aromatic N) is 2. The Morgan fingerprint density at radius 2 is 2.08 bits per heavy atom. The third-order valence-corrected chi connectivity index (χ3v) is 5.48. The van der Waals surface area contributed by atoms with Gasteiger partial charge in [0.05, 0.1) is 11.6 Å². The summed E-state index contributed by atoms with van der Waals surface area (Å²) in [4.78, 5) is 15.4. The van der Waals surface area contributed by atoms with Crippen molar-refractivity contribution in [2.24, 2.45) is 0 Å². The summed E-state index contributed by atoms with van der Waals surface area (Å²) in [5.74, 6) is -1.25. The summed E-state index contributed by atoms with van der Waals surface area (Å²) in [5, 5.41) is 13.4. The molecule has 3 rings (SSSR count). The van der Waals surface area contributed by atoms with Gasteiger partial charge in [-0.05, 0) is 25.5 Å². The number of hydrogen-bond acceptors (Lipinski definition) is 6. The molecule has 0 saturated carbocycles. The normalized spacial score (nSPS) is 13.0. The Balaban J connectivity index is 2.05. The number of sulfonamides is 1. The van der Waals surface area contributed by atoms with Gasteiger partial charge < -0.3 is 9.63 Å². The van der Waals surface area contributed by atoms with Crippen molar-refractivity contribution in [3.8, 4) is 0 Å². The van der Waals surface area contributed by atoms with Gasteiger partial charge in [0.15, 0.2) is 0 Å². The first-order valence-corrected chi connectivity index (χ1v) is 8.84. The second kappa shape index (κ2) is 6.26. The Morgan fingerprint density at radius 1 is 1.32 bits per heavy atom. The maximum atomic E-state index is 12.9. The summed E-state index contributed by atoms with van der Waals surface area (Å²) in [6.07, 6.45) is 2.48. The van der Waals surface area contributed by atoms with Gasteiger partial charge >= 0.3 is 5.97 Å². The number of pyridine rings is 1. The van der Waals surface area contributed by atoms with Crippen LogP contribution in [0.5, 0.6) is 0 Å². The summed E-state index contributed by atoms with van der Waals surface area (Å²) in [6, 6.07) is 6.08. The van der Waals surface area contributed by atoms with Crippen LogP contribution >= 0.6 is 0 Å². The van der Waals surface area contributed by atoms with E-state index in [1.165, 1.54) is 13.1 Å². The molecule has 0 amide bonds. The largest absolute Gasteiger partial charge is 0.478 e. The number of aryl methyl sites for hydroxylation is 1. The Labute approximate surface area is 143 Å². The maximum absolute atomic E-state index is 12.9. The van der Waals surface area contributed by atoms with Crippen LogP contribution in [0.4, 0.5) is 0 Å². The van der Waals surface area contributed by atoms with E-state index in [1.807, 2.05) is 0 Å². The number of benzene rings is 1. The fourth-order valence-corrected chi connectivity index (χ4v) is 4.24. The lowest BCUT2D eigenvalue weighted by Gasteiger charge is -2.15. The van der Waals surface area contributed by atoms with Crippen LogP contribution in [0.15, 0.2) is 46.1 Å². The Kier molecular flexibility index (Phi) is 4.27. The van der Waals surface area contributed by atoms with Gasteiger partial charge in [-0.15, -0.1) is 0 Å². The summed E-state index contributed by atoms with van der Waals surface area (Å²) in [6.45, 7) is 3.17. The highest BCUT2D eigenvalue weighted by Gasteiger charge is 2.27. The summed E-state index contributed by atoms with van der Waals surface area (Å²) < 4.78 is 32.9. The van der Waals surface area contributed by atoms with E-state index in [0.717, 1.165) is 6.26 Å². The van der Waals surface area contributed by atoms with Crippen LogP contribution in [0.2, 0.25) is 0 Å². The van der Waals surface area contributed by atoms with Gasteiger partial charge in [0, 0.05) is 11.6 Å². The number of carboxylic acids is 1. The molecule has 0 bridgehead atoms. The predicted octanol–water partition coefficient (Wildman–Crippen LogP) is 2.27. The van der Waals surface area contributed by atoms with Gasteiger partial charge in [0.25, 0.3) is 0 Å². The fraction of sp³-hybridized carbons (Fsp3) is 0.188. The highest BCUT2D eigenvalue weighted by atomic mass is 32.2. The zero-order valence-corrected chi connectivity index (χ0v) is 14.2. The van der Waals surface area contributed by atoms with E-state index in [1.54, 1.807) is 31.2 Å². The lowest BCUT2D eigenvalue weighted by Crippen LogP contribution is -2.29. The first kappa shape index (κ1) is 17.1. The van der Waals surface area contributed by atoms with E-state index in [0.29, 0.717) is 16.5 Å². The lowest BCUT2D eigenvalue weighted by atomic mass is 10.1. The summed E-state index contributed by atoms with van der Waals surface area (Å²) in [5.41, 5.74) is 0.690.